The Morgan fingerprint density at radius 2 is 2.26 bits per heavy atom. The molecule has 5 heteroatoms. The summed E-state index contributed by atoms with van der Waals surface area (Å²) in [6.45, 7) is 2.42. The Morgan fingerprint density at radius 3 is 2.89 bits per heavy atom. The molecule has 2 fully saturated rings. The van der Waals surface area contributed by atoms with Gasteiger partial charge in [0.1, 0.15) is 5.60 Å². The van der Waals surface area contributed by atoms with Gasteiger partial charge in [0.15, 0.2) is 0 Å². The highest BCUT2D eigenvalue weighted by Crippen LogP contribution is 2.30. The first-order valence-corrected chi connectivity index (χ1v) is 7.31. The molecule has 110 valence electrons. The van der Waals surface area contributed by atoms with Gasteiger partial charge in [0.25, 0.3) is 0 Å². The highest BCUT2D eigenvalue weighted by Gasteiger charge is 2.37. The number of methoxy groups -OCH3 is 1. The molecular weight excluding hydrogens is 244 g/mol. The van der Waals surface area contributed by atoms with E-state index in [-0.39, 0.29) is 17.4 Å². The van der Waals surface area contributed by atoms with E-state index in [1.54, 1.807) is 7.11 Å². The number of rotatable bonds is 5. The van der Waals surface area contributed by atoms with Crippen molar-refractivity contribution in [2.75, 3.05) is 33.4 Å². The molecule has 1 amide bonds. The standard InChI is InChI=1S/C14H26N2O3/c1-18-14(6-7-19-10-14)9-16-13(17)12-5-3-2-4-11(12)8-15/h11-12H,2-10,15H2,1H3,(H,16,17). The Kier molecular flexibility index (Phi) is 5.19. The molecule has 3 N–H and O–H groups in total. The molecule has 0 aromatic heterocycles. The normalized spacial score (nSPS) is 35.3. The van der Waals surface area contributed by atoms with Crippen molar-refractivity contribution in [1.29, 1.82) is 0 Å². The Morgan fingerprint density at radius 1 is 1.47 bits per heavy atom. The number of carbonyl (C=O) groups excluding carboxylic acids is 1. The molecule has 19 heavy (non-hydrogen) atoms. The molecule has 1 saturated carbocycles. The second-order valence-electron chi connectivity index (χ2n) is 5.79. The second kappa shape index (κ2) is 6.68. The van der Waals surface area contributed by atoms with Gasteiger partial charge in [-0.25, -0.2) is 0 Å². The average Bonchev–Trinajstić information content (AvgIpc) is 2.94. The predicted molar refractivity (Wildman–Crippen MR) is 72.7 cm³/mol. The summed E-state index contributed by atoms with van der Waals surface area (Å²) in [6, 6.07) is 0. The summed E-state index contributed by atoms with van der Waals surface area (Å²) in [5.41, 5.74) is 5.45. The zero-order valence-corrected chi connectivity index (χ0v) is 11.8. The van der Waals surface area contributed by atoms with Crippen molar-refractivity contribution in [2.24, 2.45) is 17.6 Å². The van der Waals surface area contributed by atoms with E-state index in [9.17, 15) is 4.79 Å². The Balaban J connectivity index is 1.86. The minimum atomic E-state index is -0.331. The van der Waals surface area contributed by atoms with Gasteiger partial charge in [-0.1, -0.05) is 12.8 Å². The molecule has 0 aromatic rings. The third kappa shape index (κ3) is 3.46. The van der Waals surface area contributed by atoms with E-state index >= 15 is 0 Å². The van der Waals surface area contributed by atoms with E-state index in [0.29, 0.717) is 32.2 Å². The maximum atomic E-state index is 12.3. The van der Waals surface area contributed by atoms with E-state index < -0.39 is 0 Å². The van der Waals surface area contributed by atoms with Crippen LogP contribution in [0.25, 0.3) is 0 Å². The summed E-state index contributed by atoms with van der Waals surface area (Å²) in [4.78, 5) is 12.3. The maximum absolute atomic E-state index is 12.3. The molecule has 3 unspecified atom stereocenters. The fourth-order valence-corrected chi connectivity index (χ4v) is 3.18. The van der Waals surface area contributed by atoms with Crippen LogP contribution in [0.2, 0.25) is 0 Å². The Labute approximate surface area is 115 Å². The fourth-order valence-electron chi connectivity index (χ4n) is 3.18. The molecule has 1 saturated heterocycles. The molecule has 0 spiro atoms. The van der Waals surface area contributed by atoms with Gasteiger partial charge < -0.3 is 20.5 Å². The van der Waals surface area contributed by atoms with Gasteiger partial charge in [-0.3, -0.25) is 4.79 Å². The smallest absolute Gasteiger partial charge is 0.223 e. The van der Waals surface area contributed by atoms with Crippen LogP contribution in [0.5, 0.6) is 0 Å². The van der Waals surface area contributed by atoms with E-state index in [0.717, 1.165) is 25.7 Å². The topological polar surface area (TPSA) is 73.6 Å². The zero-order valence-electron chi connectivity index (χ0n) is 11.8. The van der Waals surface area contributed by atoms with Crippen molar-refractivity contribution < 1.29 is 14.3 Å². The van der Waals surface area contributed by atoms with Gasteiger partial charge in [-0.2, -0.15) is 0 Å². The summed E-state index contributed by atoms with van der Waals surface area (Å²) in [5, 5.41) is 3.05. The SMILES string of the molecule is COC1(CNC(=O)C2CCCCC2CN)CCOC1. The molecule has 0 aromatic carbocycles. The number of hydrogen-bond donors (Lipinski definition) is 2. The van der Waals surface area contributed by atoms with Crippen molar-refractivity contribution in [3.05, 3.63) is 0 Å². The molecule has 0 radical (unpaired) electrons. The fraction of sp³-hybridized carbons (Fsp3) is 0.929. The van der Waals surface area contributed by atoms with Crippen molar-refractivity contribution in [3.63, 3.8) is 0 Å². The number of ether oxygens (including phenoxy) is 2. The summed E-state index contributed by atoms with van der Waals surface area (Å²) >= 11 is 0. The van der Waals surface area contributed by atoms with Gasteiger partial charge in [0, 0.05) is 32.6 Å². The molecule has 2 aliphatic rings. The van der Waals surface area contributed by atoms with Crippen LogP contribution in [0.4, 0.5) is 0 Å². The minimum absolute atomic E-state index is 0.0787. The summed E-state index contributed by atoms with van der Waals surface area (Å²) in [5.74, 6) is 0.556. The monoisotopic (exact) mass is 270 g/mol. The predicted octanol–water partition coefficient (Wildman–Crippen LogP) is 0.673. The molecular formula is C14H26N2O3. The molecule has 1 aliphatic heterocycles. The minimum Gasteiger partial charge on any atom is -0.378 e. The zero-order chi connectivity index (χ0) is 13.7. The number of nitrogens with one attached hydrogen (secondary N) is 1. The van der Waals surface area contributed by atoms with Crippen LogP contribution in [0.1, 0.15) is 32.1 Å². The van der Waals surface area contributed by atoms with E-state index in [4.69, 9.17) is 15.2 Å². The van der Waals surface area contributed by atoms with Crippen molar-refractivity contribution >= 4 is 5.91 Å². The third-order valence-corrected chi connectivity index (χ3v) is 4.63. The van der Waals surface area contributed by atoms with Crippen LogP contribution in [0.15, 0.2) is 0 Å². The Bertz CT molecular complexity index is 303. The first kappa shape index (κ1) is 14.8. The lowest BCUT2D eigenvalue weighted by atomic mass is 9.78. The molecule has 5 nitrogen and oxygen atoms in total. The van der Waals surface area contributed by atoms with E-state index in [2.05, 4.69) is 5.32 Å². The lowest BCUT2D eigenvalue weighted by Gasteiger charge is -2.31. The molecule has 2 rings (SSSR count). The van der Waals surface area contributed by atoms with Crippen LogP contribution < -0.4 is 11.1 Å². The quantitative estimate of drug-likeness (QED) is 0.770. The van der Waals surface area contributed by atoms with Crippen LogP contribution in [0.3, 0.4) is 0 Å². The second-order valence-corrected chi connectivity index (χ2v) is 5.79. The maximum Gasteiger partial charge on any atom is 0.223 e. The summed E-state index contributed by atoms with van der Waals surface area (Å²) < 4.78 is 10.9. The van der Waals surface area contributed by atoms with Gasteiger partial charge in [-0.05, 0) is 25.3 Å². The molecule has 1 heterocycles. The van der Waals surface area contributed by atoms with E-state index in [1.165, 1.54) is 6.42 Å². The lowest BCUT2D eigenvalue weighted by Crippen LogP contribution is -2.48. The summed E-state index contributed by atoms with van der Waals surface area (Å²) in [7, 11) is 1.68. The van der Waals surface area contributed by atoms with Crippen LogP contribution in [-0.4, -0.2) is 44.9 Å². The molecule has 0 bridgehead atoms. The van der Waals surface area contributed by atoms with Gasteiger partial charge >= 0.3 is 0 Å². The number of amides is 1. The van der Waals surface area contributed by atoms with Crippen LogP contribution >= 0.6 is 0 Å². The third-order valence-electron chi connectivity index (χ3n) is 4.63. The number of nitrogens with two attached hydrogens (primary N) is 1. The van der Waals surface area contributed by atoms with E-state index in [1.807, 2.05) is 0 Å². The first-order valence-electron chi connectivity index (χ1n) is 7.31. The molecule has 3 atom stereocenters. The van der Waals surface area contributed by atoms with Crippen molar-refractivity contribution in [1.82, 2.24) is 5.32 Å². The number of hydrogen-bond acceptors (Lipinski definition) is 4. The Hall–Kier alpha value is -0.650. The van der Waals surface area contributed by atoms with Gasteiger partial charge in [0.05, 0.1) is 6.61 Å². The van der Waals surface area contributed by atoms with Crippen molar-refractivity contribution in [2.45, 2.75) is 37.7 Å². The largest absolute Gasteiger partial charge is 0.378 e. The summed E-state index contributed by atoms with van der Waals surface area (Å²) in [6.07, 6.45) is 5.21. The average molecular weight is 270 g/mol. The highest BCUT2D eigenvalue weighted by atomic mass is 16.5. The van der Waals surface area contributed by atoms with Gasteiger partial charge in [0.2, 0.25) is 5.91 Å². The van der Waals surface area contributed by atoms with Crippen LogP contribution in [0, 0.1) is 11.8 Å². The molecule has 1 aliphatic carbocycles. The van der Waals surface area contributed by atoms with Gasteiger partial charge in [-0.15, -0.1) is 0 Å². The number of carbonyl (C=O) groups is 1. The highest BCUT2D eigenvalue weighted by molar-refractivity contribution is 5.79. The van der Waals surface area contributed by atoms with Crippen LogP contribution in [-0.2, 0) is 14.3 Å². The van der Waals surface area contributed by atoms with Crippen molar-refractivity contribution in [3.8, 4) is 0 Å². The lowest BCUT2D eigenvalue weighted by molar-refractivity contribution is -0.129. The first-order chi connectivity index (χ1) is 9.21.